The van der Waals surface area contributed by atoms with Crippen LogP contribution in [0.3, 0.4) is 0 Å². The largest absolute Gasteiger partial charge is 0.352 e. The van der Waals surface area contributed by atoms with E-state index >= 15 is 0 Å². The third-order valence-corrected chi connectivity index (χ3v) is 3.44. The molecule has 7 nitrogen and oxygen atoms in total. The van der Waals surface area contributed by atoms with E-state index in [0.29, 0.717) is 18.1 Å². The van der Waals surface area contributed by atoms with Gasteiger partial charge in [-0.2, -0.15) is 0 Å². The zero-order valence-electron chi connectivity index (χ0n) is 13.4. The van der Waals surface area contributed by atoms with Crippen LogP contribution in [-0.4, -0.2) is 32.7 Å². The van der Waals surface area contributed by atoms with Crippen molar-refractivity contribution in [2.45, 2.75) is 39.3 Å². The number of nitrogens with one attached hydrogen (secondary N) is 1. The maximum absolute atomic E-state index is 12.1. The van der Waals surface area contributed by atoms with Crippen LogP contribution in [0.25, 0.3) is 5.65 Å². The minimum atomic E-state index is -0.235. The van der Waals surface area contributed by atoms with E-state index in [1.807, 2.05) is 6.07 Å². The highest BCUT2D eigenvalue weighted by Gasteiger charge is 2.13. The zero-order chi connectivity index (χ0) is 16.1. The lowest BCUT2D eigenvalue weighted by atomic mass is 10.0. The van der Waals surface area contributed by atoms with Crippen molar-refractivity contribution in [2.75, 3.05) is 6.54 Å². The summed E-state index contributed by atoms with van der Waals surface area (Å²) in [7, 11) is 0. The highest BCUT2D eigenvalue weighted by Crippen LogP contribution is 2.04. The van der Waals surface area contributed by atoms with Crippen LogP contribution in [0.15, 0.2) is 29.2 Å². The molecule has 2 rings (SSSR count). The van der Waals surface area contributed by atoms with Gasteiger partial charge in [0.25, 0.3) is 0 Å². The minimum Gasteiger partial charge on any atom is -0.352 e. The molecule has 1 atom stereocenters. The predicted octanol–water partition coefficient (Wildman–Crippen LogP) is 0.798. The number of aromatic nitrogens is 3. The number of nitrogens with two attached hydrogens (primary N) is 1. The number of fused-ring (bicyclic) bond motifs is 1. The average molecular weight is 342 g/mol. The molecule has 0 radical (unpaired) electrons. The van der Waals surface area contributed by atoms with Crippen molar-refractivity contribution in [3.8, 4) is 0 Å². The van der Waals surface area contributed by atoms with Crippen LogP contribution in [-0.2, 0) is 11.3 Å². The molecule has 0 aliphatic heterocycles. The topological polar surface area (TPSA) is 94.4 Å². The quantitative estimate of drug-likeness (QED) is 0.778. The SMILES string of the molecule is CC(C)CC(CN)NC(=O)CCn1nc2ccccn2c1=O.Cl. The number of carbonyl (C=O) groups is 1. The minimum absolute atomic E-state index is 0. The molecule has 128 valence electrons. The molecule has 0 aliphatic rings. The van der Waals surface area contributed by atoms with Gasteiger partial charge in [0.2, 0.25) is 5.91 Å². The van der Waals surface area contributed by atoms with E-state index in [1.54, 1.807) is 18.3 Å². The maximum Gasteiger partial charge on any atom is 0.350 e. The molecule has 2 aromatic heterocycles. The third kappa shape index (κ3) is 5.07. The number of hydrogen-bond acceptors (Lipinski definition) is 4. The van der Waals surface area contributed by atoms with Crippen molar-refractivity contribution in [3.05, 3.63) is 34.9 Å². The Hall–Kier alpha value is -1.86. The lowest BCUT2D eigenvalue weighted by molar-refractivity contribution is -0.122. The van der Waals surface area contributed by atoms with Crippen molar-refractivity contribution in [2.24, 2.45) is 11.7 Å². The van der Waals surface area contributed by atoms with Gasteiger partial charge in [-0.1, -0.05) is 19.9 Å². The van der Waals surface area contributed by atoms with Crippen molar-refractivity contribution < 1.29 is 4.79 Å². The first-order valence-electron chi connectivity index (χ1n) is 7.55. The summed E-state index contributed by atoms with van der Waals surface area (Å²) in [5, 5.41) is 7.10. The van der Waals surface area contributed by atoms with Crippen LogP contribution in [0.2, 0.25) is 0 Å². The zero-order valence-corrected chi connectivity index (χ0v) is 14.3. The first kappa shape index (κ1) is 19.2. The molecule has 0 aromatic carbocycles. The van der Waals surface area contributed by atoms with Crippen molar-refractivity contribution in [1.29, 1.82) is 0 Å². The first-order chi connectivity index (χ1) is 10.5. The number of rotatable bonds is 7. The molecule has 23 heavy (non-hydrogen) atoms. The van der Waals surface area contributed by atoms with Gasteiger partial charge >= 0.3 is 5.69 Å². The summed E-state index contributed by atoms with van der Waals surface area (Å²) in [5.41, 5.74) is 6.01. The highest BCUT2D eigenvalue weighted by molar-refractivity contribution is 5.85. The van der Waals surface area contributed by atoms with Crippen LogP contribution < -0.4 is 16.7 Å². The summed E-state index contributed by atoms with van der Waals surface area (Å²) < 4.78 is 2.77. The number of nitrogens with zero attached hydrogens (tertiary/aromatic N) is 3. The lowest BCUT2D eigenvalue weighted by Gasteiger charge is -2.18. The van der Waals surface area contributed by atoms with E-state index in [2.05, 4.69) is 24.3 Å². The molecule has 2 heterocycles. The fourth-order valence-electron chi connectivity index (χ4n) is 2.40. The van der Waals surface area contributed by atoms with Crippen LogP contribution >= 0.6 is 12.4 Å². The van der Waals surface area contributed by atoms with Crippen LogP contribution in [0.4, 0.5) is 0 Å². The van der Waals surface area contributed by atoms with Gasteiger partial charge in [-0.15, -0.1) is 17.5 Å². The fourth-order valence-corrected chi connectivity index (χ4v) is 2.40. The average Bonchev–Trinajstić information content (AvgIpc) is 2.81. The van der Waals surface area contributed by atoms with E-state index in [4.69, 9.17) is 5.73 Å². The summed E-state index contributed by atoms with van der Waals surface area (Å²) >= 11 is 0. The molecule has 0 aliphatic carbocycles. The maximum atomic E-state index is 12.1. The van der Waals surface area contributed by atoms with Gasteiger partial charge in [-0.25, -0.2) is 9.48 Å². The van der Waals surface area contributed by atoms with Crippen LogP contribution in [0.1, 0.15) is 26.7 Å². The molecule has 1 amide bonds. The molecule has 1 unspecified atom stereocenters. The second kappa shape index (κ2) is 8.69. The Morgan fingerprint density at radius 1 is 1.39 bits per heavy atom. The Morgan fingerprint density at radius 2 is 2.13 bits per heavy atom. The number of hydrogen-bond donors (Lipinski definition) is 2. The van der Waals surface area contributed by atoms with Gasteiger partial charge < -0.3 is 11.1 Å². The van der Waals surface area contributed by atoms with E-state index in [-0.39, 0.29) is 43.0 Å². The lowest BCUT2D eigenvalue weighted by Crippen LogP contribution is -2.41. The van der Waals surface area contributed by atoms with Crippen molar-refractivity contribution in [1.82, 2.24) is 19.5 Å². The summed E-state index contributed by atoms with van der Waals surface area (Å²) in [4.78, 5) is 24.1. The first-order valence-corrected chi connectivity index (χ1v) is 7.55. The molecule has 0 spiro atoms. The van der Waals surface area contributed by atoms with Crippen LogP contribution in [0.5, 0.6) is 0 Å². The molecule has 0 bridgehead atoms. The number of amides is 1. The van der Waals surface area contributed by atoms with Gasteiger partial charge in [-0.05, 0) is 24.5 Å². The molecule has 2 aromatic rings. The van der Waals surface area contributed by atoms with Gasteiger partial charge in [0, 0.05) is 25.2 Å². The molecule has 3 N–H and O–H groups in total. The Labute approximate surface area is 141 Å². The molecule has 8 heteroatoms. The van der Waals surface area contributed by atoms with E-state index in [1.165, 1.54) is 9.08 Å². The van der Waals surface area contributed by atoms with Gasteiger partial charge in [0.1, 0.15) is 0 Å². The highest BCUT2D eigenvalue weighted by atomic mass is 35.5. The molecule has 0 saturated carbocycles. The van der Waals surface area contributed by atoms with E-state index in [0.717, 1.165) is 6.42 Å². The van der Waals surface area contributed by atoms with E-state index < -0.39 is 0 Å². The normalized spacial score (nSPS) is 12.2. The Kier molecular flexibility index (Phi) is 7.25. The standard InChI is InChI=1S/C15H23N5O2.ClH/c1-11(2)9-12(10-16)17-14(21)6-8-20-15(22)19-7-4-3-5-13(19)18-20;/h3-5,7,11-12H,6,8-10,16H2,1-2H3,(H,17,21);1H. The van der Waals surface area contributed by atoms with Crippen molar-refractivity contribution >= 4 is 24.0 Å². The van der Waals surface area contributed by atoms with Gasteiger partial charge in [0.05, 0.1) is 6.54 Å². The summed E-state index contributed by atoms with van der Waals surface area (Å²) in [5.74, 6) is 0.356. The summed E-state index contributed by atoms with van der Waals surface area (Å²) in [6, 6.07) is 5.32. The molecule has 0 saturated heterocycles. The number of halogens is 1. The predicted molar refractivity (Wildman–Crippen MR) is 91.8 cm³/mol. The fraction of sp³-hybridized carbons (Fsp3) is 0.533. The molecule has 0 fully saturated rings. The Morgan fingerprint density at radius 3 is 2.74 bits per heavy atom. The third-order valence-electron chi connectivity index (χ3n) is 3.44. The smallest absolute Gasteiger partial charge is 0.350 e. The van der Waals surface area contributed by atoms with Gasteiger partial charge in [-0.3, -0.25) is 9.20 Å². The molecular weight excluding hydrogens is 318 g/mol. The Bertz CT molecular complexity index is 694. The van der Waals surface area contributed by atoms with Crippen molar-refractivity contribution in [3.63, 3.8) is 0 Å². The number of pyridine rings is 1. The number of aryl methyl sites for hydroxylation is 1. The van der Waals surface area contributed by atoms with Gasteiger partial charge in [0.15, 0.2) is 5.65 Å². The van der Waals surface area contributed by atoms with Crippen LogP contribution in [0, 0.1) is 5.92 Å². The summed E-state index contributed by atoms with van der Waals surface area (Å²) in [6.45, 7) is 4.85. The van der Waals surface area contributed by atoms with E-state index in [9.17, 15) is 9.59 Å². The monoisotopic (exact) mass is 341 g/mol. The second-order valence-electron chi connectivity index (χ2n) is 5.81. The Balaban J connectivity index is 0.00000264. The molecular formula is C15H24ClN5O2. The number of carbonyl (C=O) groups excluding carboxylic acids is 1. The second-order valence-corrected chi connectivity index (χ2v) is 5.81. The summed E-state index contributed by atoms with van der Waals surface area (Å²) in [6.07, 6.45) is 2.71.